The normalized spacial score (nSPS) is 17.3. The number of ketones is 1. The highest BCUT2D eigenvalue weighted by Crippen LogP contribution is 2.40. The molecule has 0 amide bonds. The van der Waals surface area contributed by atoms with E-state index in [2.05, 4.69) is 53.1 Å². The van der Waals surface area contributed by atoms with Crippen molar-refractivity contribution in [3.05, 3.63) is 94.7 Å². The Morgan fingerprint density at radius 1 is 0.939 bits per heavy atom. The van der Waals surface area contributed by atoms with Gasteiger partial charge in [0, 0.05) is 38.4 Å². The Morgan fingerprint density at radius 3 is 2.36 bits per heavy atom. The molecule has 2 aliphatic rings. The number of phenolic OH excluding ortho intramolecular Hbond substituents is 1. The molecular formula is C28H28N2O3. The third kappa shape index (κ3) is 4.37. The number of carbonyl (C=O) groups excluding carboxylic acids is 1. The number of rotatable bonds is 5. The van der Waals surface area contributed by atoms with E-state index in [0.29, 0.717) is 29.2 Å². The van der Waals surface area contributed by atoms with Gasteiger partial charge in [-0.2, -0.15) is 0 Å². The molecule has 0 unspecified atom stereocenters. The Kier molecular flexibility index (Phi) is 5.88. The zero-order valence-corrected chi connectivity index (χ0v) is 18.8. The van der Waals surface area contributed by atoms with Crippen molar-refractivity contribution < 1.29 is 14.6 Å². The Morgan fingerprint density at radius 2 is 1.67 bits per heavy atom. The molecule has 0 aliphatic carbocycles. The summed E-state index contributed by atoms with van der Waals surface area (Å²) in [5, 5.41) is 10.6. The predicted octanol–water partition coefficient (Wildman–Crippen LogP) is 4.89. The molecule has 3 aromatic carbocycles. The van der Waals surface area contributed by atoms with Gasteiger partial charge in [0.25, 0.3) is 0 Å². The second kappa shape index (κ2) is 9.12. The minimum absolute atomic E-state index is 0.139. The van der Waals surface area contributed by atoms with E-state index in [-0.39, 0.29) is 11.5 Å². The average Bonchev–Trinajstić information content (AvgIpc) is 3.17. The minimum Gasteiger partial charge on any atom is -0.507 e. The molecule has 5 nitrogen and oxygen atoms in total. The summed E-state index contributed by atoms with van der Waals surface area (Å²) in [6.45, 7) is 6.24. The maximum Gasteiger partial charge on any atom is 0.231 e. The molecule has 1 fully saturated rings. The Labute approximate surface area is 194 Å². The van der Waals surface area contributed by atoms with Crippen molar-refractivity contribution in [2.24, 2.45) is 0 Å². The summed E-state index contributed by atoms with van der Waals surface area (Å²) < 4.78 is 6.04. The molecule has 0 saturated carbocycles. The topological polar surface area (TPSA) is 53.0 Å². The van der Waals surface area contributed by atoms with Gasteiger partial charge in [-0.05, 0) is 47.9 Å². The van der Waals surface area contributed by atoms with Crippen LogP contribution in [0.15, 0.2) is 72.5 Å². The van der Waals surface area contributed by atoms with Crippen LogP contribution in [0.25, 0.3) is 6.08 Å². The van der Waals surface area contributed by atoms with Crippen molar-refractivity contribution in [1.29, 1.82) is 0 Å². The van der Waals surface area contributed by atoms with E-state index in [4.69, 9.17) is 4.74 Å². The Hall–Kier alpha value is -3.57. The van der Waals surface area contributed by atoms with Crippen LogP contribution in [0, 0.1) is 0 Å². The van der Waals surface area contributed by atoms with E-state index in [1.165, 1.54) is 11.3 Å². The lowest BCUT2D eigenvalue weighted by atomic mass is 10.0. The molecule has 0 radical (unpaired) electrons. The van der Waals surface area contributed by atoms with Gasteiger partial charge < -0.3 is 14.7 Å². The van der Waals surface area contributed by atoms with E-state index in [0.717, 1.165) is 38.2 Å². The van der Waals surface area contributed by atoms with Gasteiger partial charge in [-0.25, -0.2) is 0 Å². The van der Waals surface area contributed by atoms with Gasteiger partial charge in [-0.1, -0.05) is 49.4 Å². The lowest BCUT2D eigenvalue weighted by Crippen LogP contribution is -2.46. The number of anilines is 1. The lowest BCUT2D eigenvalue weighted by molar-refractivity contribution is 0.101. The van der Waals surface area contributed by atoms with Crippen LogP contribution in [0.3, 0.4) is 0 Å². The number of Topliss-reactive ketones (excluding diaryl/α,β-unsaturated/α-hetero) is 1. The smallest absolute Gasteiger partial charge is 0.231 e. The van der Waals surface area contributed by atoms with Gasteiger partial charge in [0.15, 0.2) is 5.76 Å². The number of ether oxygens (including phenoxy) is 1. The summed E-state index contributed by atoms with van der Waals surface area (Å²) in [4.78, 5) is 17.7. The molecule has 0 spiro atoms. The summed E-state index contributed by atoms with van der Waals surface area (Å²) >= 11 is 0. The van der Waals surface area contributed by atoms with E-state index < -0.39 is 0 Å². The van der Waals surface area contributed by atoms with Gasteiger partial charge >= 0.3 is 0 Å². The average molecular weight is 441 g/mol. The molecule has 1 saturated heterocycles. The second-order valence-electron chi connectivity index (χ2n) is 8.57. The van der Waals surface area contributed by atoms with Crippen molar-refractivity contribution in [3.63, 3.8) is 0 Å². The Balaban J connectivity index is 1.32. The molecule has 0 atom stereocenters. The van der Waals surface area contributed by atoms with Crippen LogP contribution >= 0.6 is 0 Å². The van der Waals surface area contributed by atoms with Crippen LogP contribution in [0.1, 0.15) is 34.0 Å². The molecule has 1 N–H and O–H groups in total. The molecule has 3 aromatic rings. The molecule has 5 heteroatoms. The fourth-order valence-electron chi connectivity index (χ4n) is 4.48. The standard InChI is InChI=1S/C28H28N2O3/c1-2-20-8-10-21(11-9-20)18-26-27(32)23-12-13-25(31)24(28(23)33-26)19-29-14-16-30(17-15-29)22-6-4-3-5-7-22/h3-13,18,31H,2,14-17,19H2,1H3/b26-18+. The largest absolute Gasteiger partial charge is 0.507 e. The van der Waals surface area contributed by atoms with Crippen LogP contribution in [-0.2, 0) is 13.0 Å². The summed E-state index contributed by atoms with van der Waals surface area (Å²) in [6, 6.07) is 21.8. The fraction of sp³-hybridized carbons (Fsp3) is 0.250. The summed E-state index contributed by atoms with van der Waals surface area (Å²) in [7, 11) is 0. The number of hydrogen-bond donors (Lipinski definition) is 1. The summed E-state index contributed by atoms with van der Waals surface area (Å²) in [6.07, 6.45) is 2.75. The molecular weight excluding hydrogens is 412 g/mol. The number of phenols is 1. The molecule has 0 aromatic heterocycles. The van der Waals surface area contributed by atoms with Crippen molar-refractivity contribution in [2.45, 2.75) is 19.9 Å². The van der Waals surface area contributed by atoms with Crippen molar-refractivity contribution in [1.82, 2.24) is 4.90 Å². The molecule has 2 heterocycles. The number of aryl methyl sites for hydroxylation is 1. The SMILES string of the molecule is CCc1ccc(/C=C2/Oc3c(ccc(O)c3CN3CCN(c4ccccc4)CC3)C2=O)cc1. The number of nitrogens with zero attached hydrogens (tertiary/aromatic N) is 2. The van der Waals surface area contributed by atoms with Crippen LogP contribution in [-0.4, -0.2) is 42.0 Å². The number of para-hydroxylation sites is 1. The van der Waals surface area contributed by atoms with Crippen LogP contribution in [0.4, 0.5) is 5.69 Å². The van der Waals surface area contributed by atoms with E-state index >= 15 is 0 Å². The first-order valence-corrected chi connectivity index (χ1v) is 11.5. The number of carbonyl (C=O) groups is 1. The van der Waals surface area contributed by atoms with Crippen LogP contribution in [0.5, 0.6) is 11.5 Å². The van der Waals surface area contributed by atoms with Crippen LogP contribution < -0.4 is 9.64 Å². The van der Waals surface area contributed by atoms with Gasteiger partial charge in [-0.15, -0.1) is 0 Å². The first-order valence-electron chi connectivity index (χ1n) is 11.5. The third-order valence-electron chi connectivity index (χ3n) is 6.48. The number of fused-ring (bicyclic) bond motifs is 1. The lowest BCUT2D eigenvalue weighted by Gasteiger charge is -2.36. The molecule has 0 bridgehead atoms. The van der Waals surface area contributed by atoms with Gasteiger partial charge in [0.2, 0.25) is 5.78 Å². The molecule has 2 aliphatic heterocycles. The highest BCUT2D eigenvalue weighted by Gasteiger charge is 2.32. The van der Waals surface area contributed by atoms with Crippen molar-refractivity contribution >= 4 is 17.5 Å². The zero-order valence-electron chi connectivity index (χ0n) is 18.8. The van der Waals surface area contributed by atoms with E-state index in [1.807, 2.05) is 18.2 Å². The highest BCUT2D eigenvalue weighted by atomic mass is 16.5. The van der Waals surface area contributed by atoms with Crippen molar-refractivity contribution in [2.75, 3.05) is 31.1 Å². The van der Waals surface area contributed by atoms with Crippen molar-refractivity contribution in [3.8, 4) is 11.5 Å². The number of hydrogen-bond acceptors (Lipinski definition) is 5. The van der Waals surface area contributed by atoms with Crippen LogP contribution in [0.2, 0.25) is 0 Å². The summed E-state index contributed by atoms with van der Waals surface area (Å²) in [5.74, 6) is 0.817. The number of benzene rings is 3. The Bertz CT molecular complexity index is 1180. The quantitative estimate of drug-likeness (QED) is 0.573. The van der Waals surface area contributed by atoms with Gasteiger partial charge in [0.05, 0.1) is 11.1 Å². The van der Waals surface area contributed by atoms with Gasteiger partial charge in [-0.3, -0.25) is 9.69 Å². The van der Waals surface area contributed by atoms with Gasteiger partial charge in [0.1, 0.15) is 11.5 Å². The maximum atomic E-state index is 13.0. The number of piperazine rings is 1. The number of allylic oxidation sites excluding steroid dienone is 1. The van der Waals surface area contributed by atoms with E-state index in [1.54, 1.807) is 18.2 Å². The maximum absolute atomic E-state index is 13.0. The predicted molar refractivity (Wildman–Crippen MR) is 131 cm³/mol. The number of aromatic hydroxyl groups is 1. The zero-order chi connectivity index (χ0) is 22.8. The molecule has 5 rings (SSSR count). The summed E-state index contributed by atoms with van der Waals surface area (Å²) in [5.41, 5.74) is 4.60. The molecule has 33 heavy (non-hydrogen) atoms. The monoisotopic (exact) mass is 440 g/mol. The van der Waals surface area contributed by atoms with E-state index in [9.17, 15) is 9.90 Å². The highest BCUT2D eigenvalue weighted by molar-refractivity contribution is 6.15. The minimum atomic E-state index is -0.139. The third-order valence-corrected chi connectivity index (χ3v) is 6.48. The fourth-order valence-corrected chi connectivity index (χ4v) is 4.48. The molecule has 168 valence electrons. The first kappa shape index (κ1) is 21.3. The first-order chi connectivity index (χ1) is 16.1. The second-order valence-corrected chi connectivity index (χ2v) is 8.57.